The van der Waals surface area contributed by atoms with Crippen LogP contribution in [0.1, 0.15) is 17.3 Å². The van der Waals surface area contributed by atoms with Gasteiger partial charge < -0.3 is 31.9 Å². The van der Waals surface area contributed by atoms with E-state index in [4.69, 9.17) is 0 Å². The fraction of sp³-hybridized carbons (Fsp3) is 0.259. The van der Waals surface area contributed by atoms with Crippen LogP contribution in [0.5, 0.6) is 0 Å². The Balaban J connectivity index is 0.000000306. The Morgan fingerprint density at radius 1 is 1.00 bits per heavy atom. The van der Waals surface area contributed by atoms with Gasteiger partial charge in [-0.1, -0.05) is 12.1 Å². The van der Waals surface area contributed by atoms with Crippen LogP contribution in [0.2, 0.25) is 0 Å². The third-order valence-corrected chi connectivity index (χ3v) is 6.16. The zero-order valence-corrected chi connectivity index (χ0v) is 22.9. The first-order valence-electron chi connectivity index (χ1n) is 11.7. The molecule has 1 aliphatic rings. The number of piperazine rings is 1. The van der Waals surface area contributed by atoms with Crippen LogP contribution in [0.3, 0.4) is 0 Å². The SMILES string of the molecule is CCn1cc(C(=O)O)c(=O)c2cc(F)c(N3CCN(C)CC3)cc21.[Cl-].[Fe+3].c1ccc(-c2ccccn2)nc1. The van der Waals surface area contributed by atoms with E-state index in [0.29, 0.717) is 30.8 Å². The third kappa shape index (κ3) is 6.96. The summed E-state index contributed by atoms with van der Waals surface area (Å²) >= 11 is 0. The topological polar surface area (TPSA) is 91.6 Å². The predicted octanol–water partition coefficient (Wildman–Crippen LogP) is 0.756. The van der Waals surface area contributed by atoms with Gasteiger partial charge in [-0.05, 0) is 50.4 Å². The molecule has 1 radical (unpaired) electrons. The summed E-state index contributed by atoms with van der Waals surface area (Å²) in [6, 6.07) is 14.4. The number of aromatic carboxylic acids is 1. The first-order chi connectivity index (χ1) is 17.4. The molecule has 1 saturated heterocycles. The summed E-state index contributed by atoms with van der Waals surface area (Å²) < 4.78 is 16.3. The van der Waals surface area contributed by atoms with E-state index in [2.05, 4.69) is 14.9 Å². The molecule has 0 aliphatic carbocycles. The number of aryl methyl sites for hydroxylation is 1. The molecule has 1 fully saturated rings. The molecule has 1 aromatic carbocycles. The Bertz CT molecular complexity index is 1380. The minimum atomic E-state index is -1.30. The number of fused-ring (bicyclic) bond motifs is 1. The summed E-state index contributed by atoms with van der Waals surface area (Å²) in [4.78, 5) is 36.1. The van der Waals surface area contributed by atoms with Gasteiger partial charge >= 0.3 is 23.0 Å². The second-order valence-corrected chi connectivity index (χ2v) is 8.50. The summed E-state index contributed by atoms with van der Waals surface area (Å²) in [5.74, 6) is -1.79. The Kier molecular flexibility index (Phi) is 11.4. The van der Waals surface area contributed by atoms with Gasteiger partial charge in [0, 0.05) is 56.7 Å². The molecule has 0 amide bonds. The Morgan fingerprint density at radius 2 is 1.58 bits per heavy atom. The van der Waals surface area contributed by atoms with E-state index in [9.17, 15) is 19.1 Å². The number of rotatable bonds is 4. The Labute approximate surface area is 237 Å². The molecule has 38 heavy (non-hydrogen) atoms. The number of carboxylic acids is 1. The van der Waals surface area contributed by atoms with Crippen LogP contribution in [-0.4, -0.2) is 63.7 Å². The van der Waals surface area contributed by atoms with Gasteiger partial charge in [0.1, 0.15) is 11.4 Å². The minimum Gasteiger partial charge on any atom is -1.00 e. The normalized spacial score (nSPS) is 13.1. The molecule has 0 atom stereocenters. The van der Waals surface area contributed by atoms with Crippen molar-refractivity contribution < 1.29 is 43.8 Å². The number of halogens is 2. The van der Waals surface area contributed by atoms with Crippen molar-refractivity contribution in [2.24, 2.45) is 0 Å². The van der Waals surface area contributed by atoms with Gasteiger partial charge in [0.05, 0.1) is 22.6 Å². The van der Waals surface area contributed by atoms with Gasteiger partial charge in [-0.15, -0.1) is 0 Å². The Hall–Kier alpha value is -3.30. The first kappa shape index (κ1) is 30.9. The summed E-state index contributed by atoms with van der Waals surface area (Å²) in [5, 5.41) is 9.28. The van der Waals surface area contributed by atoms with Crippen LogP contribution in [0, 0.1) is 5.82 Å². The number of carbonyl (C=O) groups is 1. The molecule has 4 aromatic rings. The van der Waals surface area contributed by atoms with Gasteiger partial charge in [-0.2, -0.15) is 0 Å². The summed E-state index contributed by atoms with van der Waals surface area (Å²) in [6.07, 6.45) is 4.87. The molecule has 1 N–H and O–H groups in total. The van der Waals surface area contributed by atoms with Crippen LogP contribution in [0.15, 0.2) is 71.9 Å². The van der Waals surface area contributed by atoms with Crippen LogP contribution in [0.25, 0.3) is 22.3 Å². The number of aromatic nitrogens is 3. The maximum atomic E-state index is 14.6. The van der Waals surface area contributed by atoms with Crippen LogP contribution in [-0.2, 0) is 23.6 Å². The monoisotopic (exact) mass is 580 g/mol. The van der Waals surface area contributed by atoms with Gasteiger partial charge in [-0.25, -0.2) is 9.18 Å². The van der Waals surface area contributed by atoms with Crippen molar-refractivity contribution in [1.29, 1.82) is 0 Å². The molecule has 5 rings (SSSR count). The van der Waals surface area contributed by atoms with Crippen molar-refractivity contribution in [3.05, 3.63) is 88.7 Å². The van der Waals surface area contributed by atoms with E-state index in [1.54, 1.807) is 23.0 Å². The largest absolute Gasteiger partial charge is 3.00 e. The van der Waals surface area contributed by atoms with Gasteiger partial charge in [0.2, 0.25) is 5.43 Å². The number of hydrogen-bond donors (Lipinski definition) is 1. The Morgan fingerprint density at radius 3 is 2.05 bits per heavy atom. The number of carboxylic acid groups (broad SMARTS) is 1. The van der Waals surface area contributed by atoms with E-state index in [0.717, 1.165) is 24.5 Å². The van der Waals surface area contributed by atoms with E-state index in [1.807, 2.05) is 55.3 Å². The van der Waals surface area contributed by atoms with E-state index in [-0.39, 0.29) is 40.4 Å². The average molecular weight is 581 g/mol. The first-order valence-corrected chi connectivity index (χ1v) is 11.7. The van der Waals surface area contributed by atoms with Crippen molar-refractivity contribution in [3.8, 4) is 11.4 Å². The number of nitrogens with zero attached hydrogens (tertiary/aromatic N) is 5. The molecule has 0 bridgehead atoms. The van der Waals surface area contributed by atoms with Crippen molar-refractivity contribution in [2.45, 2.75) is 13.5 Å². The molecular formula is C27H28ClFFeN5O3+2. The standard InChI is InChI=1S/C17H20FN3O3.C10H8N2.ClH.Fe/c1-3-20-10-12(17(23)24)16(22)11-8-13(18)15(9-14(11)20)21-6-4-19(2)5-7-21;1-3-7-11-9(5-1)10-6-2-4-8-12-10;;/h8-10H,3-7H2,1-2H3,(H,23,24);1-8H;1H;/q;;;+3/p-1. The molecule has 3 aromatic heterocycles. The van der Waals surface area contributed by atoms with Gasteiger partial charge in [-0.3, -0.25) is 14.8 Å². The average Bonchev–Trinajstić information content (AvgIpc) is 2.91. The fourth-order valence-electron chi connectivity index (χ4n) is 4.13. The number of likely N-dealkylation sites (N-methyl/N-ethyl adjacent to an activating group) is 1. The molecule has 0 unspecified atom stereocenters. The molecule has 8 nitrogen and oxygen atoms in total. The maximum Gasteiger partial charge on any atom is 3.00 e. The third-order valence-electron chi connectivity index (χ3n) is 6.16. The van der Waals surface area contributed by atoms with Crippen LogP contribution >= 0.6 is 0 Å². The van der Waals surface area contributed by atoms with E-state index in [1.165, 1.54) is 12.3 Å². The van der Waals surface area contributed by atoms with E-state index >= 15 is 0 Å². The van der Waals surface area contributed by atoms with Crippen LogP contribution in [0.4, 0.5) is 10.1 Å². The molecule has 0 saturated carbocycles. The fourth-order valence-corrected chi connectivity index (χ4v) is 4.13. The van der Waals surface area contributed by atoms with Crippen molar-refractivity contribution >= 4 is 22.6 Å². The molecule has 199 valence electrons. The summed E-state index contributed by atoms with van der Waals surface area (Å²) in [5.41, 5.74) is 1.86. The number of anilines is 1. The quantitative estimate of drug-likeness (QED) is 0.357. The zero-order valence-electron chi connectivity index (χ0n) is 21.0. The second-order valence-electron chi connectivity index (χ2n) is 8.50. The smallest absolute Gasteiger partial charge is 1.00 e. The van der Waals surface area contributed by atoms with Gasteiger partial charge in [0.25, 0.3) is 0 Å². The molecular weight excluding hydrogens is 553 g/mol. The number of pyridine rings is 3. The minimum absolute atomic E-state index is 0. The number of benzene rings is 1. The van der Waals surface area contributed by atoms with E-state index < -0.39 is 17.2 Å². The van der Waals surface area contributed by atoms with Crippen molar-refractivity contribution in [2.75, 3.05) is 38.1 Å². The summed E-state index contributed by atoms with van der Waals surface area (Å²) in [7, 11) is 2.02. The molecule has 4 heterocycles. The van der Waals surface area contributed by atoms with Gasteiger partial charge in [0.15, 0.2) is 0 Å². The predicted molar refractivity (Wildman–Crippen MR) is 138 cm³/mol. The molecule has 0 spiro atoms. The molecule has 1 aliphatic heterocycles. The zero-order chi connectivity index (χ0) is 25.7. The van der Waals surface area contributed by atoms with Crippen molar-refractivity contribution in [3.63, 3.8) is 0 Å². The van der Waals surface area contributed by atoms with Crippen LogP contribution < -0.4 is 22.7 Å². The number of hydrogen-bond acceptors (Lipinski definition) is 6. The summed E-state index contributed by atoms with van der Waals surface area (Å²) in [6.45, 7) is 5.45. The maximum absolute atomic E-state index is 14.6. The second kappa shape index (κ2) is 14.0. The molecule has 11 heteroatoms. The van der Waals surface area contributed by atoms with Crippen molar-refractivity contribution in [1.82, 2.24) is 19.4 Å².